The predicted octanol–water partition coefficient (Wildman–Crippen LogP) is 3.93. The van der Waals surface area contributed by atoms with Gasteiger partial charge in [0.1, 0.15) is 0 Å². The van der Waals surface area contributed by atoms with Crippen LogP contribution in [-0.2, 0) is 6.42 Å². The van der Waals surface area contributed by atoms with Gasteiger partial charge >= 0.3 is 0 Å². The van der Waals surface area contributed by atoms with Crippen LogP contribution in [0.5, 0.6) is 0 Å². The number of aryl methyl sites for hydroxylation is 1. The quantitative estimate of drug-likeness (QED) is 0.826. The first-order valence-corrected chi connectivity index (χ1v) is 6.04. The number of benzene rings is 2. The molecule has 2 aromatic rings. The summed E-state index contributed by atoms with van der Waals surface area (Å²) in [5.74, 6) is 0. The van der Waals surface area contributed by atoms with E-state index in [1.54, 1.807) is 0 Å². The molecule has 0 unspecified atom stereocenters. The predicted molar refractivity (Wildman–Crippen MR) is 72.5 cm³/mol. The number of halogens is 1. The van der Waals surface area contributed by atoms with Crippen LogP contribution in [0.3, 0.4) is 0 Å². The molecule has 0 aliphatic rings. The first-order chi connectivity index (χ1) is 7.65. The van der Waals surface area contributed by atoms with Gasteiger partial charge in [0.25, 0.3) is 0 Å². The lowest BCUT2D eigenvalue weighted by atomic mass is 10.0. The van der Waals surface area contributed by atoms with E-state index in [4.69, 9.17) is 5.73 Å². The van der Waals surface area contributed by atoms with Gasteiger partial charge in [-0.1, -0.05) is 45.8 Å². The topological polar surface area (TPSA) is 26.0 Å². The summed E-state index contributed by atoms with van der Waals surface area (Å²) in [6.07, 6.45) is 0.890. The van der Waals surface area contributed by atoms with Crippen molar-refractivity contribution < 1.29 is 0 Å². The lowest BCUT2D eigenvalue weighted by Gasteiger charge is -2.07. The molecule has 16 heavy (non-hydrogen) atoms. The number of hydrogen-bond acceptors (Lipinski definition) is 1. The molecule has 0 spiro atoms. The van der Waals surface area contributed by atoms with Crippen LogP contribution in [0, 0.1) is 6.92 Å². The minimum Gasteiger partial charge on any atom is -0.398 e. The summed E-state index contributed by atoms with van der Waals surface area (Å²) >= 11 is 3.43. The van der Waals surface area contributed by atoms with E-state index in [1.165, 1.54) is 16.7 Å². The Morgan fingerprint density at radius 2 is 1.75 bits per heavy atom. The molecule has 0 radical (unpaired) electrons. The minimum absolute atomic E-state index is 0.869. The Balaban J connectivity index is 2.26. The third-order valence-electron chi connectivity index (χ3n) is 2.61. The summed E-state index contributed by atoms with van der Waals surface area (Å²) in [7, 11) is 0. The second-order valence-corrected chi connectivity index (χ2v) is 4.92. The molecule has 0 atom stereocenters. The van der Waals surface area contributed by atoms with Crippen molar-refractivity contribution in [1.82, 2.24) is 0 Å². The fourth-order valence-electron chi connectivity index (χ4n) is 1.71. The van der Waals surface area contributed by atoms with E-state index in [1.807, 2.05) is 12.1 Å². The zero-order valence-corrected chi connectivity index (χ0v) is 10.8. The Hall–Kier alpha value is -1.28. The third-order valence-corrected chi connectivity index (χ3v) is 3.13. The Labute approximate surface area is 104 Å². The SMILES string of the molecule is Cc1ccc(N)c(Cc2ccc(Br)cc2)c1. The lowest BCUT2D eigenvalue weighted by Crippen LogP contribution is -1.96. The summed E-state index contributed by atoms with van der Waals surface area (Å²) in [6, 6.07) is 14.5. The maximum atomic E-state index is 5.96. The minimum atomic E-state index is 0.869. The zero-order valence-electron chi connectivity index (χ0n) is 9.20. The van der Waals surface area contributed by atoms with Crippen molar-refractivity contribution in [3.63, 3.8) is 0 Å². The monoisotopic (exact) mass is 275 g/mol. The normalized spacial score (nSPS) is 10.4. The fourth-order valence-corrected chi connectivity index (χ4v) is 1.97. The van der Waals surface area contributed by atoms with E-state index >= 15 is 0 Å². The molecular weight excluding hydrogens is 262 g/mol. The Bertz CT molecular complexity index is 489. The maximum Gasteiger partial charge on any atom is 0.0350 e. The molecule has 2 N–H and O–H groups in total. The van der Waals surface area contributed by atoms with Gasteiger partial charge in [-0.3, -0.25) is 0 Å². The molecule has 0 fully saturated rings. The highest BCUT2D eigenvalue weighted by molar-refractivity contribution is 9.10. The van der Waals surface area contributed by atoms with Crippen LogP contribution in [-0.4, -0.2) is 0 Å². The first kappa shape index (κ1) is 11.2. The van der Waals surface area contributed by atoms with Crippen molar-refractivity contribution in [2.24, 2.45) is 0 Å². The van der Waals surface area contributed by atoms with Crippen molar-refractivity contribution in [3.8, 4) is 0 Å². The number of rotatable bonds is 2. The fraction of sp³-hybridized carbons (Fsp3) is 0.143. The molecule has 0 saturated carbocycles. The van der Waals surface area contributed by atoms with Crippen molar-refractivity contribution >= 4 is 21.6 Å². The highest BCUT2D eigenvalue weighted by Gasteiger charge is 2.01. The molecule has 0 aromatic heterocycles. The average Bonchev–Trinajstić information content (AvgIpc) is 2.27. The van der Waals surface area contributed by atoms with Gasteiger partial charge in [0.15, 0.2) is 0 Å². The van der Waals surface area contributed by atoms with Crippen molar-refractivity contribution in [2.45, 2.75) is 13.3 Å². The smallest absolute Gasteiger partial charge is 0.0350 e. The van der Waals surface area contributed by atoms with Gasteiger partial charge in [-0.25, -0.2) is 0 Å². The van der Waals surface area contributed by atoms with Gasteiger partial charge in [0.05, 0.1) is 0 Å². The van der Waals surface area contributed by atoms with Crippen LogP contribution < -0.4 is 5.73 Å². The molecule has 0 bridgehead atoms. The molecular formula is C14H14BrN. The van der Waals surface area contributed by atoms with Gasteiger partial charge in [-0.2, -0.15) is 0 Å². The summed E-state index contributed by atoms with van der Waals surface area (Å²) in [5.41, 5.74) is 10.6. The molecule has 2 aromatic carbocycles. The van der Waals surface area contributed by atoms with Gasteiger partial charge in [0.2, 0.25) is 0 Å². The van der Waals surface area contributed by atoms with Gasteiger partial charge in [0, 0.05) is 10.2 Å². The number of nitrogens with two attached hydrogens (primary N) is 1. The molecule has 0 amide bonds. The van der Waals surface area contributed by atoms with Crippen LogP contribution in [0.4, 0.5) is 5.69 Å². The molecule has 1 nitrogen and oxygen atoms in total. The standard InChI is InChI=1S/C14H14BrN/c1-10-2-7-14(16)12(8-10)9-11-3-5-13(15)6-4-11/h2-8H,9,16H2,1H3. The average molecular weight is 276 g/mol. The Morgan fingerprint density at radius 3 is 2.44 bits per heavy atom. The number of anilines is 1. The van der Waals surface area contributed by atoms with Gasteiger partial charge < -0.3 is 5.73 Å². The van der Waals surface area contributed by atoms with E-state index < -0.39 is 0 Å². The van der Waals surface area contributed by atoms with Crippen LogP contribution in [0.2, 0.25) is 0 Å². The van der Waals surface area contributed by atoms with Crippen LogP contribution in [0.25, 0.3) is 0 Å². The van der Waals surface area contributed by atoms with Crippen molar-refractivity contribution in [3.05, 3.63) is 63.6 Å². The van der Waals surface area contributed by atoms with E-state index in [-0.39, 0.29) is 0 Å². The van der Waals surface area contributed by atoms with Gasteiger partial charge in [-0.15, -0.1) is 0 Å². The summed E-state index contributed by atoms with van der Waals surface area (Å²) in [5, 5.41) is 0. The molecule has 0 aliphatic carbocycles. The van der Waals surface area contributed by atoms with E-state index in [0.717, 1.165) is 16.6 Å². The molecule has 2 rings (SSSR count). The van der Waals surface area contributed by atoms with Gasteiger partial charge in [-0.05, 0) is 42.7 Å². The largest absolute Gasteiger partial charge is 0.398 e. The van der Waals surface area contributed by atoms with Crippen molar-refractivity contribution in [1.29, 1.82) is 0 Å². The van der Waals surface area contributed by atoms with E-state index in [0.29, 0.717) is 0 Å². The summed E-state index contributed by atoms with van der Waals surface area (Å²) in [6.45, 7) is 2.09. The van der Waals surface area contributed by atoms with E-state index in [9.17, 15) is 0 Å². The molecule has 0 saturated heterocycles. The molecule has 2 heteroatoms. The highest BCUT2D eigenvalue weighted by atomic mass is 79.9. The zero-order chi connectivity index (χ0) is 11.5. The Kier molecular flexibility index (Phi) is 3.30. The van der Waals surface area contributed by atoms with E-state index in [2.05, 4.69) is 53.2 Å². The first-order valence-electron chi connectivity index (χ1n) is 5.24. The Morgan fingerprint density at radius 1 is 1.06 bits per heavy atom. The molecule has 0 heterocycles. The van der Waals surface area contributed by atoms with Crippen molar-refractivity contribution in [2.75, 3.05) is 5.73 Å². The summed E-state index contributed by atoms with van der Waals surface area (Å²) in [4.78, 5) is 0. The summed E-state index contributed by atoms with van der Waals surface area (Å²) < 4.78 is 1.11. The lowest BCUT2D eigenvalue weighted by molar-refractivity contribution is 1.18. The molecule has 82 valence electrons. The second kappa shape index (κ2) is 4.71. The molecule has 0 aliphatic heterocycles. The highest BCUT2D eigenvalue weighted by Crippen LogP contribution is 2.19. The number of nitrogen functional groups attached to an aromatic ring is 1. The number of hydrogen-bond donors (Lipinski definition) is 1. The van der Waals surface area contributed by atoms with Crippen LogP contribution >= 0.6 is 15.9 Å². The van der Waals surface area contributed by atoms with Crippen LogP contribution in [0.1, 0.15) is 16.7 Å². The maximum absolute atomic E-state index is 5.96. The van der Waals surface area contributed by atoms with Crippen LogP contribution in [0.15, 0.2) is 46.9 Å². The second-order valence-electron chi connectivity index (χ2n) is 4.01. The third kappa shape index (κ3) is 2.64.